The van der Waals surface area contributed by atoms with Gasteiger partial charge >= 0.3 is 5.97 Å². The Hall–Kier alpha value is -2.40. The predicted molar refractivity (Wildman–Crippen MR) is 86.4 cm³/mol. The van der Waals surface area contributed by atoms with Gasteiger partial charge < -0.3 is 15.3 Å². The molecule has 2 atom stereocenters. The van der Waals surface area contributed by atoms with E-state index in [1.807, 2.05) is 0 Å². The zero-order valence-corrected chi connectivity index (χ0v) is 14.0. The average Bonchev–Trinajstić information content (AvgIpc) is 3.10. The summed E-state index contributed by atoms with van der Waals surface area (Å²) in [5.74, 6) is -1.75. The van der Waals surface area contributed by atoms with Gasteiger partial charge in [0.15, 0.2) is 5.71 Å². The molecular formula is C13H12N4O5S2. The van der Waals surface area contributed by atoms with Crippen LogP contribution in [0.2, 0.25) is 0 Å². The van der Waals surface area contributed by atoms with Crippen LogP contribution in [0.1, 0.15) is 4.88 Å². The number of thiazole rings is 1. The highest BCUT2D eigenvalue weighted by molar-refractivity contribution is 8.00. The number of aliphatic carboxylic acids is 1. The fraction of sp³-hybridized carbons (Fsp3) is 0.308. The van der Waals surface area contributed by atoms with E-state index in [9.17, 15) is 14.4 Å². The first-order chi connectivity index (χ1) is 11.5. The van der Waals surface area contributed by atoms with Crippen LogP contribution < -0.4 is 5.32 Å². The van der Waals surface area contributed by atoms with E-state index in [0.717, 1.165) is 0 Å². The lowest BCUT2D eigenvalue weighted by atomic mass is 10.0. The van der Waals surface area contributed by atoms with Gasteiger partial charge in [0.25, 0.3) is 11.8 Å². The monoisotopic (exact) mass is 368 g/mol. The summed E-state index contributed by atoms with van der Waals surface area (Å²) in [6.07, 6.45) is 2.95. The van der Waals surface area contributed by atoms with Crippen LogP contribution in [0, 0.1) is 0 Å². The molecule has 1 fully saturated rings. The number of nitrogens with zero attached hydrogens (tertiary/aromatic N) is 3. The Morgan fingerprint density at radius 2 is 2.33 bits per heavy atom. The number of carboxylic acid groups (broad SMARTS) is 1. The van der Waals surface area contributed by atoms with Gasteiger partial charge in [0.1, 0.15) is 24.2 Å². The first-order valence-corrected chi connectivity index (χ1v) is 8.66. The van der Waals surface area contributed by atoms with E-state index in [0.29, 0.717) is 10.6 Å². The molecule has 24 heavy (non-hydrogen) atoms. The molecule has 1 aromatic heterocycles. The second kappa shape index (κ2) is 6.61. The molecule has 2 aliphatic heterocycles. The summed E-state index contributed by atoms with van der Waals surface area (Å²) in [4.78, 5) is 46.1. The zero-order chi connectivity index (χ0) is 17.3. The number of nitrogens with one attached hydrogen (secondary N) is 1. The molecule has 0 spiro atoms. The Labute approximate surface area is 144 Å². The molecule has 2 amide bonds. The van der Waals surface area contributed by atoms with Crippen molar-refractivity contribution in [1.82, 2.24) is 15.2 Å². The zero-order valence-electron chi connectivity index (χ0n) is 12.3. The van der Waals surface area contributed by atoms with Crippen LogP contribution in [0.15, 0.2) is 28.6 Å². The molecule has 0 aromatic carbocycles. The van der Waals surface area contributed by atoms with Gasteiger partial charge in [-0.05, 0) is 6.08 Å². The molecular weight excluding hydrogens is 356 g/mol. The molecule has 1 unspecified atom stereocenters. The number of oxime groups is 1. The highest BCUT2D eigenvalue weighted by Gasteiger charge is 2.53. The molecule has 2 aliphatic rings. The summed E-state index contributed by atoms with van der Waals surface area (Å²) >= 11 is 2.59. The summed E-state index contributed by atoms with van der Waals surface area (Å²) in [5, 5.41) is 15.0. The second-order valence-electron chi connectivity index (χ2n) is 4.77. The van der Waals surface area contributed by atoms with Gasteiger partial charge in [0.05, 0.1) is 10.4 Å². The maximum absolute atomic E-state index is 12.4. The van der Waals surface area contributed by atoms with E-state index in [-0.39, 0.29) is 11.4 Å². The fourth-order valence-corrected chi connectivity index (χ4v) is 4.16. The average molecular weight is 368 g/mol. The van der Waals surface area contributed by atoms with Gasteiger partial charge in [-0.25, -0.2) is 4.79 Å². The van der Waals surface area contributed by atoms with Crippen molar-refractivity contribution < 1.29 is 24.3 Å². The molecule has 0 bridgehead atoms. The first kappa shape index (κ1) is 16.5. The van der Waals surface area contributed by atoms with Crippen LogP contribution >= 0.6 is 23.1 Å². The van der Waals surface area contributed by atoms with Gasteiger partial charge in [-0.3, -0.25) is 19.5 Å². The van der Waals surface area contributed by atoms with E-state index in [1.165, 1.54) is 47.4 Å². The van der Waals surface area contributed by atoms with Crippen molar-refractivity contribution in [3.8, 4) is 0 Å². The Bertz CT molecular complexity index is 746. The van der Waals surface area contributed by atoms with Crippen LogP contribution in [-0.2, 0) is 19.2 Å². The molecule has 3 rings (SSSR count). The summed E-state index contributed by atoms with van der Waals surface area (Å²) < 4.78 is 0. The van der Waals surface area contributed by atoms with Gasteiger partial charge in [0.2, 0.25) is 0 Å². The summed E-state index contributed by atoms with van der Waals surface area (Å²) in [5.41, 5.74) is 1.51. The molecule has 1 saturated heterocycles. The van der Waals surface area contributed by atoms with E-state index < -0.39 is 29.2 Å². The maximum Gasteiger partial charge on any atom is 0.352 e. The predicted octanol–water partition coefficient (Wildman–Crippen LogP) is -0.138. The molecule has 9 nitrogen and oxygen atoms in total. The minimum absolute atomic E-state index is 0.0149. The number of rotatable bonds is 5. The molecule has 126 valence electrons. The van der Waals surface area contributed by atoms with E-state index in [2.05, 4.69) is 20.3 Å². The van der Waals surface area contributed by atoms with Gasteiger partial charge in [-0.2, -0.15) is 0 Å². The van der Waals surface area contributed by atoms with E-state index >= 15 is 0 Å². The highest BCUT2D eigenvalue weighted by Crippen LogP contribution is 2.37. The SMILES string of the molecule is CON=C(C(=O)NC1C(=O)N2C(C(=O)O)=CCS[C@@H]12)c1cncs1. The van der Waals surface area contributed by atoms with Crippen molar-refractivity contribution in [3.05, 3.63) is 28.4 Å². The number of amides is 2. The lowest BCUT2D eigenvalue weighted by molar-refractivity contribution is -0.150. The van der Waals surface area contributed by atoms with Crippen LogP contribution in [0.3, 0.4) is 0 Å². The third-order valence-corrected chi connectivity index (χ3v) is 5.38. The van der Waals surface area contributed by atoms with Crippen molar-refractivity contribution >= 4 is 46.6 Å². The number of hydrogen-bond acceptors (Lipinski definition) is 8. The van der Waals surface area contributed by atoms with E-state index in [1.54, 1.807) is 5.51 Å². The van der Waals surface area contributed by atoms with Crippen molar-refractivity contribution in [2.75, 3.05) is 12.9 Å². The van der Waals surface area contributed by atoms with Crippen LogP contribution in [-0.4, -0.2) is 62.8 Å². The van der Waals surface area contributed by atoms with Gasteiger partial charge in [0, 0.05) is 11.9 Å². The Balaban J connectivity index is 1.74. The minimum atomic E-state index is -1.16. The van der Waals surface area contributed by atoms with Crippen LogP contribution in [0.4, 0.5) is 0 Å². The molecule has 0 aliphatic carbocycles. The molecule has 11 heteroatoms. The van der Waals surface area contributed by atoms with Crippen molar-refractivity contribution in [2.45, 2.75) is 11.4 Å². The van der Waals surface area contributed by atoms with Crippen molar-refractivity contribution in [3.63, 3.8) is 0 Å². The van der Waals surface area contributed by atoms with Crippen molar-refractivity contribution in [1.29, 1.82) is 0 Å². The number of fused-ring (bicyclic) bond motifs is 1. The number of thioether (sulfide) groups is 1. The van der Waals surface area contributed by atoms with Crippen LogP contribution in [0.5, 0.6) is 0 Å². The summed E-state index contributed by atoms with van der Waals surface area (Å²) in [6, 6.07) is -0.805. The number of aromatic nitrogens is 1. The van der Waals surface area contributed by atoms with Crippen molar-refractivity contribution in [2.24, 2.45) is 5.16 Å². The molecule has 0 saturated carbocycles. The number of β-lactam (4-membered cyclic amide) rings is 1. The van der Waals surface area contributed by atoms with Crippen LogP contribution in [0.25, 0.3) is 0 Å². The normalized spacial score (nSPS) is 23.0. The number of carbonyl (C=O) groups excluding carboxylic acids is 2. The number of carbonyl (C=O) groups is 3. The van der Waals surface area contributed by atoms with E-state index in [4.69, 9.17) is 5.11 Å². The Kier molecular flexibility index (Phi) is 4.53. The molecule has 2 N–H and O–H groups in total. The molecule has 0 radical (unpaired) electrons. The standard InChI is InChI=1S/C13H12N4O5S2/c1-22-16-8(7-4-14-5-24-7)10(18)15-9-11(19)17-6(13(20)21)2-3-23-12(9)17/h2,4-5,9,12H,3H2,1H3,(H,15,18)(H,20,21)/t9?,12-/m0/s1. The maximum atomic E-state index is 12.4. The molecule has 1 aromatic rings. The smallest absolute Gasteiger partial charge is 0.352 e. The minimum Gasteiger partial charge on any atom is -0.477 e. The molecule has 3 heterocycles. The second-order valence-corrected chi connectivity index (χ2v) is 6.80. The Morgan fingerprint density at radius 3 is 2.96 bits per heavy atom. The highest BCUT2D eigenvalue weighted by atomic mass is 32.2. The summed E-state index contributed by atoms with van der Waals surface area (Å²) in [7, 11) is 1.31. The summed E-state index contributed by atoms with van der Waals surface area (Å²) in [6.45, 7) is 0. The topological polar surface area (TPSA) is 121 Å². The first-order valence-electron chi connectivity index (χ1n) is 6.73. The largest absolute Gasteiger partial charge is 0.477 e. The lowest BCUT2D eigenvalue weighted by Crippen LogP contribution is -2.70. The number of hydrogen-bond donors (Lipinski definition) is 2. The van der Waals surface area contributed by atoms with Gasteiger partial charge in [-0.15, -0.1) is 23.1 Å². The fourth-order valence-electron chi connectivity index (χ4n) is 2.37. The van der Waals surface area contributed by atoms with Gasteiger partial charge in [-0.1, -0.05) is 5.16 Å². The number of carboxylic acids is 1. The quantitative estimate of drug-likeness (QED) is 0.421. The third-order valence-electron chi connectivity index (χ3n) is 3.42. The third kappa shape index (κ3) is 2.76. The Morgan fingerprint density at radius 1 is 1.54 bits per heavy atom. The lowest BCUT2D eigenvalue weighted by Gasteiger charge is -2.48.